The molecule has 2 heterocycles. The molecule has 1 aromatic rings. The topological polar surface area (TPSA) is 49.9 Å². The fraction of sp³-hybridized carbons (Fsp3) is 0.714. The normalized spacial score (nSPS) is 22.0. The van der Waals surface area contributed by atoms with Gasteiger partial charge in [-0.1, -0.05) is 11.3 Å². The van der Waals surface area contributed by atoms with Crippen LogP contribution in [-0.2, 0) is 4.74 Å². The van der Waals surface area contributed by atoms with Crippen molar-refractivity contribution in [2.24, 2.45) is 0 Å². The molecule has 4 nitrogen and oxygen atoms in total. The van der Waals surface area contributed by atoms with Gasteiger partial charge < -0.3 is 10.1 Å². The van der Waals surface area contributed by atoms with Gasteiger partial charge in [0.1, 0.15) is 0 Å². The molecule has 1 aliphatic rings. The second-order valence-corrected chi connectivity index (χ2v) is 4.60. The first-order valence-electron chi connectivity index (χ1n) is 4.25. The van der Waals surface area contributed by atoms with Gasteiger partial charge in [0.15, 0.2) is 3.95 Å². The maximum atomic E-state index is 5.46. The van der Waals surface area contributed by atoms with Crippen molar-refractivity contribution < 1.29 is 4.74 Å². The molecule has 0 spiro atoms. The maximum Gasteiger partial charge on any atom is 0.204 e. The van der Waals surface area contributed by atoms with E-state index in [2.05, 4.69) is 15.5 Å². The second kappa shape index (κ2) is 4.17. The van der Waals surface area contributed by atoms with E-state index < -0.39 is 0 Å². The Morgan fingerprint density at radius 1 is 1.77 bits per heavy atom. The fourth-order valence-electron chi connectivity index (χ4n) is 1.31. The van der Waals surface area contributed by atoms with Gasteiger partial charge in [-0.15, -0.1) is 5.10 Å². The summed E-state index contributed by atoms with van der Waals surface area (Å²) < 4.78 is 6.16. The molecule has 0 bridgehead atoms. The van der Waals surface area contributed by atoms with Gasteiger partial charge in [-0.3, -0.25) is 5.10 Å². The number of nitrogens with one attached hydrogen (secondary N) is 2. The Kier molecular flexibility index (Phi) is 2.92. The van der Waals surface area contributed by atoms with Crippen LogP contribution in [0.5, 0.6) is 0 Å². The number of nitrogens with zero attached hydrogens (tertiary/aromatic N) is 1. The van der Waals surface area contributed by atoms with Crippen LogP contribution in [0.4, 0.5) is 5.13 Å². The highest BCUT2D eigenvalue weighted by Crippen LogP contribution is 2.15. The summed E-state index contributed by atoms with van der Waals surface area (Å²) in [7, 11) is 0. The largest absolute Gasteiger partial charge is 0.376 e. The summed E-state index contributed by atoms with van der Waals surface area (Å²) in [5.41, 5.74) is 0. The molecule has 72 valence electrons. The number of aromatic amines is 1. The Hall–Kier alpha value is -0.460. The van der Waals surface area contributed by atoms with Crippen LogP contribution in [0.1, 0.15) is 12.8 Å². The van der Waals surface area contributed by atoms with E-state index in [-0.39, 0.29) is 0 Å². The third-order valence-corrected chi connectivity index (χ3v) is 2.99. The molecule has 0 aliphatic carbocycles. The molecule has 1 saturated heterocycles. The van der Waals surface area contributed by atoms with Gasteiger partial charge in [0.05, 0.1) is 6.10 Å². The molecule has 0 radical (unpaired) electrons. The predicted molar refractivity (Wildman–Crippen MR) is 54.8 cm³/mol. The zero-order chi connectivity index (χ0) is 9.10. The molecule has 1 fully saturated rings. The van der Waals surface area contributed by atoms with Gasteiger partial charge in [-0.25, -0.2) is 0 Å². The maximum absolute atomic E-state index is 5.46. The van der Waals surface area contributed by atoms with Crippen molar-refractivity contribution in [1.82, 2.24) is 10.2 Å². The van der Waals surface area contributed by atoms with Gasteiger partial charge in [-0.05, 0) is 25.1 Å². The fourth-order valence-corrected chi connectivity index (χ4v) is 2.11. The lowest BCUT2D eigenvalue weighted by Gasteiger charge is -2.08. The zero-order valence-corrected chi connectivity index (χ0v) is 8.71. The first kappa shape index (κ1) is 9.11. The zero-order valence-electron chi connectivity index (χ0n) is 7.08. The minimum absolute atomic E-state index is 0.345. The SMILES string of the molecule is S=c1[nH]nc(NCC2CCCO2)s1. The van der Waals surface area contributed by atoms with E-state index in [0.29, 0.717) is 10.1 Å². The monoisotopic (exact) mass is 217 g/mol. The number of aromatic nitrogens is 2. The minimum Gasteiger partial charge on any atom is -0.376 e. The van der Waals surface area contributed by atoms with Crippen LogP contribution in [0.15, 0.2) is 0 Å². The Morgan fingerprint density at radius 3 is 3.31 bits per heavy atom. The molecule has 2 N–H and O–H groups in total. The van der Waals surface area contributed by atoms with Gasteiger partial charge in [0.25, 0.3) is 0 Å². The van der Waals surface area contributed by atoms with E-state index in [1.54, 1.807) is 0 Å². The summed E-state index contributed by atoms with van der Waals surface area (Å²) in [6.07, 6.45) is 2.66. The highest BCUT2D eigenvalue weighted by molar-refractivity contribution is 7.73. The summed E-state index contributed by atoms with van der Waals surface area (Å²) in [5.74, 6) is 0. The predicted octanol–water partition coefficient (Wildman–Crippen LogP) is 1.79. The van der Waals surface area contributed by atoms with Gasteiger partial charge in [-0.2, -0.15) is 0 Å². The van der Waals surface area contributed by atoms with Gasteiger partial charge in [0.2, 0.25) is 5.13 Å². The molecule has 1 aromatic heterocycles. The van der Waals surface area contributed by atoms with Crippen LogP contribution in [-0.4, -0.2) is 29.5 Å². The Labute approximate surface area is 85.3 Å². The Balaban J connectivity index is 1.82. The van der Waals surface area contributed by atoms with Crippen LogP contribution in [0.25, 0.3) is 0 Å². The number of hydrogen-bond donors (Lipinski definition) is 2. The quantitative estimate of drug-likeness (QED) is 0.758. The summed E-state index contributed by atoms with van der Waals surface area (Å²) in [5, 5.41) is 10.8. The summed E-state index contributed by atoms with van der Waals surface area (Å²) in [4.78, 5) is 0. The van der Waals surface area contributed by atoms with Crippen LogP contribution in [0, 0.1) is 3.95 Å². The lowest BCUT2D eigenvalue weighted by atomic mass is 10.2. The molecule has 0 amide bonds. The smallest absolute Gasteiger partial charge is 0.204 e. The van der Waals surface area contributed by atoms with Crippen LogP contribution < -0.4 is 5.32 Å². The lowest BCUT2D eigenvalue weighted by Crippen LogP contribution is -2.18. The molecular weight excluding hydrogens is 206 g/mol. The van der Waals surface area contributed by atoms with Crippen molar-refractivity contribution >= 4 is 28.7 Å². The third kappa shape index (κ3) is 2.49. The van der Waals surface area contributed by atoms with Crippen molar-refractivity contribution in [3.05, 3.63) is 3.95 Å². The Morgan fingerprint density at radius 2 is 2.69 bits per heavy atom. The van der Waals surface area contributed by atoms with E-state index in [0.717, 1.165) is 24.7 Å². The van der Waals surface area contributed by atoms with Gasteiger partial charge >= 0.3 is 0 Å². The lowest BCUT2D eigenvalue weighted by molar-refractivity contribution is 0.120. The van der Waals surface area contributed by atoms with Crippen molar-refractivity contribution in [2.75, 3.05) is 18.5 Å². The number of ether oxygens (including phenoxy) is 1. The number of rotatable bonds is 3. The number of anilines is 1. The molecule has 13 heavy (non-hydrogen) atoms. The van der Waals surface area contributed by atoms with E-state index in [9.17, 15) is 0 Å². The van der Waals surface area contributed by atoms with E-state index in [1.165, 1.54) is 17.8 Å². The average Bonchev–Trinajstić information content (AvgIpc) is 2.71. The Bertz CT molecular complexity index is 316. The van der Waals surface area contributed by atoms with Crippen LogP contribution in [0.2, 0.25) is 0 Å². The molecule has 0 saturated carbocycles. The van der Waals surface area contributed by atoms with E-state index >= 15 is 0 Å². The standard InChI is InChI=1S/C7H11N3OS2/c12-7-10-9-6(13-7)8-4-5-2-1-3-11-5/h5H,1-4H2,(H,8,9)(H,10,12). The molecule has 0 aromatic carbocycles. The highest BCUT2D eigenvalue weighted by atomic mass is 32.1. The first-order chi connectivity index (χ1) is 6.34. The average molecular weight is 217 g/mol. The second-order valence-electron chi connectivity index (χ2n) is 2.93. The molecule has 2 rings (SSSR count). The third-order valence-electron chi connectivity index (χ3n) is 1.94. The summed E-state index contributed by atoms with van der Waals surface area (Å²) in [6.45, 7) is 1.72. The minimum atomic E-state index is 0.345. The number of hydrogen-bond acceptors (Lipinski definition) is 5. The molecule has 1 atom stereocenters. The van der Waals surface area contributed by atoms with Crippen molar-refractivity contribution in [3.8, 4) is 0 Å². The first-order valence-corrected chi connectivity index (χ1v) is 5.48. The van der Waals surface area contributed by atoms with Crippen molar-refractivity contribution in [3.63, 3.8) is 0 Å². The molecule has 6 heteroatoms. The highest BCUT2D eigenvalue weighted by Gasteiger charge is 2.15. The number of H-pyrrole nitrogens is 1. The van der Waals surface area contributed by atoms with Crippen molar-refractivity contribution in [2.45, 2.75) is 18.9 Å². The molecular formula is C7H11N3OS2. The van der Waals surface area contributed by atoms with Crippen molar-refractivity contribution in [1.29, 1.82) is 0 Å². The summed E-state index contributed by atoms with van der Waals surface area (Å²) in [6, 6.07) is 0. The van der Waals surface area contributed by atoms with Crippen LogP contribution >= 0.6 is 23.6 Å². The molecule has 1 unspecified atom stereocenters. The van der Waals surface area contributed by atoms with Gasteiger partial charge in [0, 0.05) is 13.2 Å². The molecule has 1 aliphatic heterocycles. The summed E-state index contributed by atoms with van der Waals surface area (Å²) >= 11 is 6.36. The van der Waals surface area contributed by atoms with E-state index in [1.807, 2.05) is 0 Å². The van der Waals surface area contributed by atoms with E-state index in [4.69, 9.17) is 17.0 Å². The van der Waals surface area contributed by atoms with Crippen LogP contribution in [0.3, 0.4) is 0 Å².